The number of halogens is 3. The van der Waals surface area contributed by atoms with E-state index in [0.29, 0.717) is 38.3 Å². The molecule has 2 aliphatic rings. The van der Waals surface area contributed by atoms with Crippen LogP contribution in [0.2, 0.25) is 0 Å². The number of piperidine rings is 1. The molecule has 2 fully saturated rings. The van der Waals surface area contributed by atoms with E-state index in [4.69, 9.17) is 4.74 Å². The zero-order valence-electron chi connectivity index (χ0n) is 18.9. The first kappa shape index (κ1) is 25.3. The van der Waals surface area contributed by atoms with Crippen molar-refractivity contribution in [2.24, 2.45) is 11.8 Å². The van der Waals surface area contributed by atoms with Gasteiger partial charge in [-0.2, -0.15) is 13.2 Å². The van der Waals surface area contributed by atoms with Gasteiger partial charge in [0.15, 0.2) is 0 Å². The summed E-state index contributed by atoms with van der Waals surface area (Å²) in [4.78, 5) is 28.5. The summed E-state index contributed by atoms with van der Waals surface area (Å²) in [5.74, 6) is -1.10. The minimum atomic E-state index is -4.36. The number of rotatable bonds is 8. The fourth-order valence-electron chi connectivity index (χ4n) is 4.93. The Morgan fingerprint density at radius 1 is 1.18 bits per heavy atom. The number of anilines is 1. The fourth-order valence-corrected chi connectivity index (χ4v) is 4.93. The number of quaternary nitrogens is 1. The second-order valence-corrected chi connectivity index (χ2v) is 8.98. The molecule has 0 saturated carbocycles. The van der Waals surface area contributed by atoms with Crippen LogP contribution in [0.3, 0.4) is 0 Å². The Kier molecular flexibility index (Phi) is 8.58. The summed E-state index contributed by atoms with van der Waals surface area (Å²) in [6.45, 7) is 4.78. The van der Waals surface area contributed by atoms with Gasteiger partial charge in [-0.05, 0) is 42.9 Å². The highest BCUT2D eigenvalue weighted by molar-refractivity contribution is 5.77. The van der Waals surface area contributed by atoms with Gasteiger partial charge < -0.3 is 29.3 Å². The van der Waals surface area contributed by atoms with E-state index in [-0.39, 0.29) is 30.8 Å². The molecule has 0 aromatic heterocycles. The molecular formula is C23H32F3N3O4. The van der Waals surface area contributed by atoms with E-state index < -0.39 is 17.7 Å². The van der Waals surface area contributed by atoms with Gasteiger partial charge in [0.25, 0.3) is 0 Å². The van der Waals surface area contributed by atoms with Crippen LogP contribution in [0.4, 0.5) is 18.9 Å². The molecule has 2 atom stereocenters. The van der Waals surface area contributed by atoms with Gasteiger partial charge in [-0.3, -0.25) is 4.79 Å². The van der Waals surface area contributed by atoms with E-state index in [1.54, 1.807) is 11.0 Å². The molecule has 2 heterocycles. The molecule has 1 N–H and O–H groups in total. The van der Waals surface area contributed by atoms with E-state index in [2.05, 4.69) is 0 Å². The number of carbonyl (C=O) groups excluding carboxylic acids is 2. The SMILES string of the molecule is COCC(=O)N1CC[C@@H](CC(=O)[O-])[C@@H](CC[NH+]2CCN(c3cccc(C(F)(F)F)c3)CC2)C1. The number of carbonyl (C=O) groups is 2. The van der Waals surface area contributed by atoms with Gasteiger partial charge in [0.1, 0.15) is 6.61 Å². The predicted octanol–water partition coefficient (Wildman–Crippen LogP) is 0.0515. The van der Waals surface area contributed by atoms with Crippen molar-refractivity contribution in [1.29, 1.82) is 0 Å². The number of alkyl halides is 3. The lowest BCUT2D eigenvalue weighted by atomic mass is 9.81. The van der Waals surface area contributed by atoms with Gasteiger partial charge in [0.05, 0.1) is 38.3 Å². The molecule has 0 spiro atoms. The molecule has 1 amide bonds. The van der Waals surface area contributed by atoms with Crippen LogP contribution >= 0.6 is 0 Å². The molecule has 3 rings (SSSR count). The fraction of sp³-hybridized carbons (Fsp3) is 0.652. The number of aliphatic carboxylic acids is 1. The van der Waals surface area contributed by atoms with Crippen LogP contribution in [0.1, 0.15) is 24.8 Å². The molecule has 1 aromatic rings. The first-order valence-corrected chi connectivity index (χ1v) is 11.4. The van der Waals surface area contributed by atoms with E-state index in [1.165, 1.54) is 24.1 Å². The standard InChI is InChI=1S/C23H32F3N3O4/c1-33-16-21(30)29-8-6-17(13-22(31)32)18(15-29)5-7-27-9-11-28(12-10-27)20-4-2-3-19(14-20)23(24,25)26/h2-4,14,17-18H,5-13,15-16H2,1H3,(H,31,32)/t17-,18-/m0/s1. The normalized spacial score (nSPS) is 22.4. The van der Waals surface area contributed by atoms with Gasteiger partial charge >= 0.3 is 6.18 Å². The zero-order chi connectivity index (χ0) is 24.0. The highest BCUT2D eigenvalue weighted by Crippen LogP contribution is 2.32. The third kappa shape index (κ3) is 7.07. The number of benzene rings is 1. The molecule has 2 aliphatic heterocycles. The third-order valence-corrected chi connectivity index (χ3v) is 6.82. The quantitative estimate of drug-likeness (QED) is 0.580. The number of nitrogens with zero attached hydrogens (tertiary/aromatic N) is 2. The molecular weight excluding hydrogens is 439 g/mol. The number of hydrogen-bond acceptors (Lipinski definition) is 5. The summed E-state index contributed by atoms with van der Waals surface area (Å²) >= 11 is 0. The van der Waals surface area contributed by atoms with Gasteiger partial charge in [-0.1, -0.05) is 6.07 Å². The Balaban J connectivity index is 1.53. The Hall–Kier alpha value is -2.33. The number of likely N-dealkylation sites (tertiary alicyclic amines) is 1. The zero-order valence-corrected chi connectivity index (χ0v) is 18.9. The summed E-state index contributed by atoms with van der Waals surface area (Å²) in [6, 6.07) is 5.43. The molecule has 0 radical (unpaired) electrons. The first-order chi connectivity index (χ1) is 15.7. The lowest BCUT2D eigenvalue weighted by molar-refractivity contribution is -0.901. The highest BCUT2D eigenvalue weighted by Gasteiger charge is 2.33. The monoisotopic (exact) mass is 471 g/mol. The first-order valence-electron chi connectivity index (χ1n) is 11.4. The van der Waals surface area contributed by atoms with Gasteiger partial charge in [-0.15, -0.1) is 0 Å². The van der Waals surface area contributed by atoms with Crippen LogP contribution in [0.25, 0.3) is 0 Å². The summed E-state index contributed by atoms with van der Waals surface area (Å²) in [6.07, 6.45) is -2.94. The average molecular weight is 472 g/mol. The number of hydrogen-bond donors (Lipinski definition) is 1. The van der Waals surface area contributed by atoms with Gasteiger partial charge in [0.2, 0.25) is 5.91 Å². The molecule has 10 heteroatoms. The minimum Gasteiger partial charge on any atom is -0.550 e. The van der Waals surface area contributed by atoms with E-state index in [1.807, 2.05) is 4.90 Å². The van der Waals surface area contributed by atoms with Crippen molar-refractivity contribution in [2.45, 2.75) is 25.4 Å². The second-order valence-electron chi connectivity index (χ2n) is 8.98. The van der Waals surface area contributed by atoms with Gasteiger partial charge in [-0.25, -0.2) is 0 Å². The smallest absolute Gasteiger partial charge is 0.416 e. The van der Waals surface area contributed by atoms with E-state index >= 15 is 0 Å². The molecule has 1 aromatic carbocycles. The minimum absolute atomic E-state index is 0.00433. The van der Waals surface area contributed by atoms with Crippen LogP contribution in [0.5, 0.6) is 0 Å². The lowest BCUT2D eigenvalue weighted by Gasteiger charge is -2.40. The molecule has 0 bridgehead atoms. The number of carboxylic acid groups (broad SMARTS) is 1. The number of carboxylic acids is 1. The average Bonchev–Trinajstić information content (AvgIpc) is 2.78. The summed E-state index contributed by atoms with van der Waals surface area (Å²) in [5, 5.41) is 11.2. The van der Waals surface area contributed by atoms with Crippen LogP contribution in [-0.4, -0.2) is 76.3 Å². The number of amides is 1. The van der Waals surface area contributed by atoms with Gasteiger partial charge in [0, 0.05) is 38.3 Å². The summed E-state index contributed by atoms with van der Waals surface area (Å²) in [7, 11) is 1.47. The van der Waals surface area contributed by atoms with Crippen LogP contribution in [0, 0.1) is 11.8 Å². The second kappa shape index (κ2) is 11.2. The predicted molar refractivity (Wildman–Crippen MR) is 114 cm³/mol. The molecule has 7 nitrogen and oxygen atoms in total. The summed E-state index contributed by atoms with van der Waals surface area (Å²) < 4.78 is 44.0. The molecule has 33 heavy (non-hydrogen) atoms. The van der Waals surface area contributed by atoms with Crippen molar-refractivity contribution < 1.29 is 37.5 Å². The maximum absolute atomic E-state index is 13.0. The highest BCUT2D eigenvalue weighted by atomic mass is 19.4. The number of methoxy groups -OCH3 is 1. The van der Waals surface area contributed by atoms with E-state index in [0.717, 1.165) is 32.1 Å². The van der Waals surface area contributed by atoms with Crippen LogP contribution in [0.15, 0.2) is 24.3 Å². The van der Waals surface area contributed by atoms with Crippen molar-refractivity contribution in [2.75, 3.05) is 64.4 Å². The molecule has 184 valence electrons. The maximum atomic E-state index is 13.0. The van der Waals surface area contributed by atoms with Crippen molar-refractivity contribution in [3.05, 3.63) is 29.8 Å². The maximum Gasteiger partial charge on any atom is 0.416 e. The van der Waals surface area contributed by atoms with Crippen molar-refractivity contribution in [3.63, 3.8) is 0 Å². The topological polar surface area (TPSA) is 77.3 Å². The number of piperazine rings is 1. The molecule has 2 saturated heterocycles. The van der Waals surface area contributed by atoms with Crippen molar-refractivity contribution in [1.82, 2.24) is 4.90 Å². The van der Waals surface area contributed by atoms with Crippen LogP contribution < -0.4 is 14.9 Å². The molecule has 0 aliphatic carbocycles. The Labute approximate surface area is 192 Å². The van der Waals surface area contributed by atoms with E-state index in [9.17, 15) is 27.9 Å². The Bertz CT molecular complexity index is 812. The Morgan fingerprint density at radius 3 is 2.55 bits per heavy atom. The Morgan fingerprint density at radius 2 is 1.91 bits per heavy atom. The number of nitrogens with one attached hydrogen (secondary N) is 1. The lowest BCUT2D eigenvalue weighted by Crippen LogP contribution is -3.15. The third-order valence-electron chi connectivity index (χ3n) is 6.82. The van der Waals surface area contributed by atoms with Crippen molar-refractivity contribution >= 4 is 17.6 Å². The van der Waals surface area contributed by atoms with Crippen LogP contribution in [-0.2, 0) is 20.5 Å². The number of ether oxygens (including phenoxy) is 1. The van der Waals surface area contributed by atoms with Crippen molar-refractivity contribution in [3.8, 4) is 0 Å². The summed E-state index contributed by atoms with van der Waals surface area (Å²) in [5.41, 5.74) is -0.0592. The largest absolute Gasteiger partial charge is 0.550 e. The molecule has 0 unspecified atom stereocenters.